The van der Waals surface area contributed by atoms with Gasteiger partial charge in [0.05, 0.1) is 5.57 Å². The van der Waals surface area contributed by atoms with Gasteiger partial charge in [0.1, 0.15) is 6.07 Å². The Morgan fingerprint density at radius 2 is 1.92 bits per heavy atom. The van der Waals surface area contributed by atoms with Crippen molar-refractivity contribution in [3.63, 3.8) is 0 Å². The van der Waals surface area contributed by atoms with Crippen LogP contribution in [0.2, 0.25) is 0 Å². The highest BCUT2D eigenvalue weighted by atomic mass is 16.1. The molecule has 12 heavy (non-hydrogen) atoms. The minimum Gasteiger partial charge on any atom is -0.288 e. The van der Waals surface area contributed by atoms with Gasteiger partial charge in [-0.25, -0.2) is 0 Å². The third-order valence-corrected chi connectivity index (χ3v) is 1.45. The molecule has 0 bridgehead atoms. The second-order valence-electron chi connectivity index (χ2n) is 2.29. The van der Waals surface area contributed by atoms with E-state index >= 15 is 0 Å². The van der Waals surface area contributed by atoms with E-state index in [-0.39, 0.29) is 11.4 Å². The van der Waals surface area contributed by atoms with E-state index in [1.54, 1.807) is 30.3 Å². The number of carbonyl (C=O) groups is 1. The van der Waals surface area contributed by atoms with Crippen molar-refractivity contribution in [2.24, 2.45) is 0 Å². The van der Waals surface area contributed by atoms with E-state index < -0.39 is 0 Å². The van der Waals surface area contributed by atoms with Crippen molar-refractivity contribution in [3.8, 4) is 6.07 Å². The first-order chi connectivity index (χ1) is 5.75. The molecule has 58 valence electrons. The zero-order valence-corrected chi connectivity index (χ0v) is 6.45. The topological polar surface area (TPSA) is 40.9 Å². The molecule has 1 aromatic carbocycles. The average Bonchev–Trinajstić information content (AvgIpc) is 2.17. The van der Waals surface area contributed by atoms with Gasteiger partial charge in [-0.05, 0) is 0 Å². The lowest BCUT2D eigenvalue weighted by molar-refractivity contribution is 0.103. The normalized spacial score (nSPS) is 8.58. The van der Waals surface area contributed by atoms with E-state index in [2.05, 4.69) is 6.58 Å². The first-order valence-electron chi connectivity index (χ1n) is 3.44. The smallest absolute Gasteiger partial charge is 0.202 e. The second kappa shape index (κ2) is 3.49. The highest BCUT2D eigenvalue weighted by Crippen LogP contribution is 2.04. The number of rotatable bonds is 2. The van der Waals surface area contributed by atoms with Crippen LogP contribution in [0.5, 0.6) is 0 Å². The highest BCUT2D eigenvalue weighted by Gasteiger charge is 2.07. The number of ketones is 1. The molecule has 2 heteroatoms. The van der Waals surface area contributed by atoms with Gasteiger partial charge in [0.15, 0.2) is 0 Å². The number of hydrogen-bond acceptors (Lipinski definition) is 2. The van der Waals surface area contributed by atoms with Crippen molar-refractivity contribution < 1.29 is 4.79 Å². The SMILES string of the molecule is C=C(C#N)C(=O)c1ccccc1. The van der Waals surface area contributed by atoms with Crippen LogP contribution in [-0.4, -0.2) is 5.78 Å². The Hall–Kier alpha value is -1.88. The van der Waals surface area contributed by atoms with Gasteiger partial charge in [0, 0.05) is 5.56 Å². The molecular weight excluding hydrogens is 150 g/mol. The number of nitriles is 1. The van der Waals surface area contributed by atoms with Gasteiger partial charge in [-0.2, -0.15) is 5.26 Å². The van der Waals surface area contributed by atoms with Crippen molar-refractivity contribution in [1.29, 1.82) is 5.26 Å². The molecule has 0 saturated carbocycles. The fourth-order valence-electron chi connectivity index (χ4n) is 0.815. The first-order valence-corrected chi connectivity index (χ1v) is 3.44. The molecule has 0 fully saturated rings. The van der Waals surface area contributed by atoms with Crippen molar-refractivity contribution >= 4 is 5.78 Å². The summed E-state index contributed by atoms with van der Waals surface area (Å²) in [6.07, 6.45) is 0. The van der Waals surface area contributed by atoms with E-state index in [9.17, 15) is 4.79 Å². The molecule has 2 nitrogen and oxygen atoms in total. The van der Waals surface area contributed by atoms with Crippen molar-refractivity contribution in [2.75, 3.05) is 0 Å². The van der Waals surface area contributed by atoms with Gasteiger partial charge in [0.2, 0.25) is 5.78 Å². The molecule has 1 aromatic rings. The Kier molecular flexibility index (Phi) is 2.39. The minimum absolute atomic E-state index is 0.0267. The number of nitrogens with zero attached hydrogens (tertiary/aromatic N) is 1. The summed E-state index contributed by atoms with van der Waals surface area (Å²) in [6, 6.07) is 10.3. The number of Topliss-reactive ketones (excluding diaryl/α,β-unsaturated/α-hetero) is 1. The summed E-state index contributed by atoms with van der Waals surface area (Å²) >= 11 is 0. The zero-order valence-electron chi connectivity index (χ0n) is 6.45. The molecule has 1 rings (SSSR count). The van der Waals surface area contributed by atoms with E-state index in [0.717, 1.165) is 0 Å². The average molecular weight is 157 g/mol. The first kappa shape index (κ1) is 8.22. The standard InChI is InChI=1S/C10H7NO/c1-8(7-11)10(12)9-5-3-2-4-6-9/h2-6H,1H2. The summed E-state index contributed by atoms with van der Waals surface area (Å²) in [4.78, 5) is 11.3. The number of carbonyl (C=O) groups excluding carboxylic acids is 1. The van der Waals surface area contributed by atoms with Gasteiger partial charge in [-0.1, -0.05) is 36.9 Å². The number of benzene rings is 1. The molecule has 0 aliphatic rings. The van der Waals surface area contributed by atoms with Crippen LogP contribution in [0.25, 0.3) is 0 Å². The van der Waals surface area contributed by atoms with Crippen molar-refractivity contribution in [3.05, 3.63) is 48.0 Å². The third kappa shape index (κ3) is 1.58. The third-order valence-electron chi connectivity index (χ3n) is 1.45. The second-order valence-corrected chi connectivity index (χ2v) is 2.29. The Morgan fingerprint density at radius 1 is 1.33 bits per heavy atom. The fourth-order valence-corrected chi connectivity index (χ4v) is 0.815. The molecule has 0 heterocycles. The van der Waals surface area contributed by atoms with E-state index in [0.29, 0.717) is 5.56 Å². The maximum atomic E-state index is 11.3. The van der Waals surface area contributed by atoms with Crippen LogP contribution in [0.4, 0.5) is 0 Å². The number of hydrogen-bond donors (Lipinski definition) is 0. The van der Waals surface area contributed by atoms with Crippen LogP contribution < -0.4 is 0 Å². The monoisotopic (exact) mass is 157 g/mol. The van der Waals surface area contributed by atoms with Gasteiger partial charge < -0.3 is 0 Å². The van der Waals surface area contributed by atoms with E-state index in [4.69, 9.17) is 5.26 Å². The summed E-state index contributed by atoms with van der Waals surface area (Å²) in [7, 11) is 0. The lowest BCUT2D eigenvalue weighted by Crippen LogP contribution is -1.99. The van der Waals surface area contributed by atoms with Crippen molar-refractivity contribution in [1.82, 2.24) is 0 Å². The summed E-state index contributed by atoms with van der Waals surface area (Å²) in [5.41, 5.74) is 0.477. The molecule has 0 atom stereocenters. The van der Waals surface area contributed by atoms with Gasteiger partial charge in [0.25, 0.3) is 0 Å². The largest absolute Gasteiger partial charge is 0.288 e. The molecule has 0 aliphatic carbocycles. The lowest BCUT2D eigenvalue weighted by atomic mass is 10.1. The fraction of sp³-hybridized carbons (Fsp3) is 0. The molecular formula is C10H7NO. The maximum Gasteiger partial charge on any atom is 0.202 e. The predicted molar refractivity (Wildman–Crippen MR) is 45.5 cm³/mol. The molecule has 0 N–H and O–H groups in total. The van der Waals surface area contributed by atoms with Crippen LogP contribution in [0, 0.1) is 11.3 Å². The zero-order chi connectivity index (χ0) is 8.97. The lowest BCUT2D eigenvalue weighted by Gasteiger charge is -1.94. The van der Waals surface area contributed by atoms with Crippen LogP contribution in [-0.2, 0) is 0 Å². The van der Waals surface area contributed by atoms with Crippen molar-refractivity contribution in [2.45, 2.75) is 0 Å². The maximum absolute atomic E-state index is 11.3. The molecule has 0 saturated heterocycles. The minimum atomic E-state index is -0.307. The summed E-state index contributed by atoms with van der Waals surface area (Å²) in [5.74, 6) is -0.307. The Morgan fingerprint density at radius 3 is 2.42 bits per heavy atom. The Labute approximate surface area is 70.8 Å². The van der Waals surface area contributed by atoms with Crippen LogP contribution in [0.3, 0.4) is 0 Å². The quantitative estimate of drug-likeness (QED) is 0.374. The van der Waals surface area contributed by atoms with Crippen LogP contribution >= 0.6 is 0 Å². The summed E-state index contributed by atoms with van der Waals surface area (Å²) < 4.78 is 0. The van der Waals surface area contributed by atoms with Gasteiger partial charge in [-0.3, -0.25) is 4.79 Å². The molecule has 0 unspecified atom stereocenters. The molecule has 0 spiro atoms. The molecule has 0 aromatic heterocycles. The molecule has 0 radical (unpaired) electrons. The Balaban J connectivity index is 2.96. The predicted octanol–water partition coefficient (Wildman–Crippen LogP) is 1.95. The van der Waals surface area contributed by atoms with Crippen LogP contribution in [0.15, 0.2) is 42.5 Å². The molecule has 0 aliphatic heterocycles. The summed E-state index contributed by atoms with van der Waals surface area (Å²) in [5, 5.41) is 8.40. The van der Waals surface area contributed by atoms with Gasteiger partial charge >= 0.3 is 0 Å². The Bertz CT molecular complexity index is 346. The molecule has 0 amide bonds. The van der Waals surface area contributed by atoms with E-state index in [1.807, 2.05) is 6.07 Å². The highest BCUT2D eigenvalue weighted by molar-refractivity contribution is 6.10. The van der Waals surface area contributed by atoms with Gasteiger partial charge in [-0.15, -0.1) is 0 Å². The summed E-state index contributed by atoms with van der Waals surface area (Å²) in [6.45, 7) is 3.34. The van der Waals surface area contributed by atoms with Crippen LogP contribution in [0.1, 0.15) is 10.4 Å². The number of allylic oxidation sites excluding steroid dienone is 1. The van der Waals surface area contributed by atoms with E-state index in [1.165, 1.54) is 0 Å².